The zero-order chi connectivity index (χ0) is 16.9. The average molecular weight is 327 g/mol. The number of anilines is 2. The fraction of sp³-hybridized carbons (Fsp3) is 0.333. The van der Waals surface area contributed by atoms with E-state index >= 15 is 0 Å². The van der Waals surface area contributed by atoms with Gasteiger partial charge in [0.25, 0.3) is 5.91 Å². The minimum Gasteiger partial charge on any atom is -0.497 e. The van der Waals surface area contributed by atoms with Crippen LogP contribution in [0.15, 0.2) is 36.5 Å². The molecule has 1 saturated heterocycles. The number of methoxy groups -OCH3 is 2. The summed E-state index contributed by atoms with van der Waals surface area (Å²) in [5, 5.41) is 2.91. The van der Waals surface area contributed by atoms with Crippen molar-refractivity contribution in [2.24, 2.45) is 0 Å². The summed E-state index contributed by atoms with van der Waals surface area (Å²) >= 11 is 0. The van der Waals surface area contributed by atoms with Gasteiger partial charge in [-0.05, 0) is 37.1 Å². The van der Waals surface area contributed by atoms with Gasteiger partial charge in [0.15, 0.2) is 0 Å². The molecule has 6 nitrogen and oxygen atoms in total. The van der Waals surface area contributed by atoms with E-state index in [1.54, 1.807) is 50.7 Å². The molecule has 6 heteroatoms. The molecule has 0 radical (unpaired) electrons. The van der Waals surface area contributed by atoms with E-state index in [-0.39, 0.29) is 5.91 Å². The number of nitrogens with zero attached hydrogens (tertiary/aromatic N) is 2. The normalized spacial score (nSPS) is 13.7. The molecule has 1 aromatic heterocycles. The van der Waals surface area contributed by atoms with Crippen molar-refractivity contribution in [2.75, 3.05) is 37.5 Å². The number of carbonyl (C=O) groups excluding carboxylic acids is 1. The molecule has 1 aromatic carbocycles. The van der Waals surface area contributed by atoms with E-state index in [4.69, 9.17) is 9.47 Å². The Labute approximate surface area is 141 Å². The molecule has 0 atom stereocenters. The maximum Gasteiger partial charge on any atom is 0.259 e. The summed E-state index contributed by atoms with van der Waals surface area (Å²) in [6.45, 7) is 1.87. The molecule has 1 amide bonds. The Kier molecular flexibility index (Phi) is 4.84. The number of pyridine rings is 1. The molecule has 24 heavy (non-hydrogen) atoms. The van der Waals surface area contributed by atoms with Gasteiger partial charge in [-0.3, -0.25) is 4.79 Å². The van der Waals surface area contributed by atoms with Crippen LogP contribution in [0.4, 0.5) is 11.5 Å². The summed E-state index contributed by atoms with van der Waals surface area (Å²) in [4.78, 5) is 19.3. The Morgan fingerprint density at radius 3 is 2.67 bits per heavy atom. The number of carbonyl (C=O) groups is 1. The van der Waals surface area contributed by atoms with Crippen LogP contribution in [0, 0.1) is 0 Å². The van der Waals surface area contributed by atoms with E-state index in [2.05, 4.69) is 15.2 Å². The van der Waals surface area contributed by atoms with Crippen LogP contribution in [0.5, 0.6) is 11.5 Å². The van der Waals surface area contributed by atoms with Gasteiger partial charge < -0.3 is 19.7 Å². The first-order chi connectivity index (χ1) is 11.7. The number of benzene rings is 1. The monoisotopic (exact) mass is 327 g/mol. The van der Waals surface area contributed by atoms with Crippen LogP contribution in [0.2, 0.25) is 0 Å². The van der Waals surface area contributed by atoms with Gasteiger partial charge in [0.05, 0.1) is 25.5 Å². The summed E-state index contributed by atoms with van der Waals surface area (Å²) in [5.74, 6) is 1.76. The van der Waals surface area contributed by atoms with E-state index in [0.29, 0.717) is 22.7 Å². The second-order valence-corrected chi connectivity index (χ2v) is 5.59. The van der Waals surface area contributed by atoms with Gasteiger partial charge >= 0.3 is 0 Å². The summed E-state index contributed by atoms with van der Waals surface area (Å²) in [5.41, 5.74) is 1.16. The molecule has 126 valence electrons. The van der Waals surface area contributed by atoms with E-state index in [9.17, 15) is 4.79 Å². The first-order valence-electron chi connectivity index (χ1n) is 7.96. The van der Waals surface area contributed by atoms with Crippen molar-refractivity contribution in [3.8, 4) is 11.5 Å². The molecule has 1 fully saturated rings. The highest BCUT2D eigenvalue weighted by molar-refractivity contribution is 6.08. The van der Waals surface area contributed by atoms with Crippen molar-refractivity contribution in [3.63, 3.8) is 0 Å². The lowest BCUT2D eigenvalue weighted by Crippen LogP contribution is -2.24. The number of ether oxygens (including phenoxy) is 2. The molecule has 3 rings (SSSR count). The quantitative estimate of drug-likeness (QED) is 0.915. The zero-order valence-corrected chi connectivity index (χ0v) is 13.9. The van der Waals surface area contributed by atoms with Gasteiger partial charge in [-0.25, -0.2) is 4.98 Å². The van der Waals surface area contributed by atoms with Crippen molar-refractivity contribution in [2.45, 2.75) is 12.8 Å². The standard InChI is InChI=1S/C18H21N3O3/c1-23-13-7-8-15(16(12-13)24-2)20-18(22)14-6-5-9-19-17(14)21-10-3-4-11-21/h5-9,12H,3-4,10-11H2,1-2H3,(H,20,22). The summed E-state index contributed by atoms with van der Waals surface area (Å²) in [6, 6.07) is 8.86. The minimum absolute atomic E-state index is 0.200. The third-order valence-electron chi connectivity index (χ3n) is 4.09. The van der Waals surface area contributed by atoms with E-state index in [1.165, 1.54) is 0 Å². The number of hydrogen-bond donors (Lipinski definition) is 1. The minimum atomic E-state index is -0.200. The van der Waals surface area contributed by atoms with Crippen LogP contribution in [0.3, 0.4) is 0 Å². The van der Waals surface area contributed by atoms with Crippen molar-refractivity contribution in [3.05, 3.63) is 42.1 Å². The second kappa shape index (κ2) is 7.21. The van der Waals surface area contributed by atoms with Crippen LogP contribution in [-0.4, -0.2) is 38.2 Å². The largest absolute Gasteiger partial charge is 0.497 e. The highest BCUT2D eigenvalue weighted by atomic mass is 16.5. The maximum absolute atomic E-state index is 12.7. The van der Waals surface area contributed by atoms with Crippen LogP contribution in [0.1, 0.15) is 23.2 Å². The number of aromatic nitrogens is 1. The summed E-state index contributed by atoms with van der Waals surface area (Å²) in [6.07, 6.45) is 3.98. The van der Waals surface area contributed by atoms with Crippen LogP contribution < -0.4 is 19.7 Å². The van der Waals surface area contributed by atoms with E-state index in [1.807, 2.05) is 0 Å². The smallest absolute Gasteiger partial charge is 0.259 e. The zero-order valence-electron chi connectivity index (χ0n) is 13.9. The SMILES string of the molecule is COc1ccc(NC(=O)c2cccnc2N2CCCC2)c(OC)c1. The Bertz CT molecular complexity index is 727. The highest BCUT2D eigenvalue weighted by Crippen LogP contribution is 2.30. The first kappa shape index (κ1) is 16.1. The predicted molar refractivity (Wildman–Crippen MR) is 93.2 cm³/mol. The average Bonchev–Trinajstić information content (AvgIpc) is 3.16. The Morgan fingerprint density at radius 2 is 1.96 bits per heavy atom. The van der Waals surface area contributed by atoms with Crippen molar-refractivity contribution < 1.29 is 14.3 Å². The second-order valence-electron chi connectivity index (χ2n) is 5.59. The van der Waals surface area contributed by atoms with Gasteiger partial charge in [-0.2, -0.15) is 0 Å². The van der Waals surface area contributed by atoms with Gasteiger partial charge in [-0.1, -0.05) is 0 Å². The van der Waals surface area contributed by atoms with Crippen LogP contribution in [0.25, 0.3) is 0 Å². The van der Waals surface area contributed by atoms with Crippen molar-refractivity contribution >= 4 is 17.4 Å². The lowest BCUT2D eigenvalue weighted by atomic mass is 10.2. The lowest BCUT2D eigenvalue weighted by Gasteiger charge is -2.19. The Balaban J connectivity index is 1.85. The summed E-state index contributed by atoms with van der Waals surface area (Å²) in [7, 11) is 3.15. The topological polar surface area (TPSA) is 63.7 Å². The number of rotatable bonds is 5. The van der Waals surface area contributed by atoms with Gasteiger partial charge in [0, 0.05) is 25.4 Å². The molecule has 2 aromatic rings. The molecular formula is C18H21N3O3. The summed E-state index contributed by atoms with van der Waals surface area (Å²) < 4.78 is 10.5. The van der Waals surface area contributed by atoms with E-state index in [0.717, 1.165) is 31.7 Å². The first-order valence-corrected chi connectivity index (χ1v) is 7.96. The molecule has 1 aliphatic heterocycles. The fourth-order valence-electron chi connectivity index (χ4n) is 2.85. The van der Waals surface area contributed by atoms with Crippen molar-refractivity contribution in [1.29, 1.82) is 0 Å². The van der Waals surface area contributed by atoms with Gasteiger partial charge in [-0.15, -0.1) is 0 Å². The molecule has 1 aliphatic rings. The molecular weight excluding hydrogens is 306 g/mol. The van der Waals surface area contributed by atoms with Crippen molar-refractivity contribution in [1.82, 2.24) is 4.98 Å². The van der Waals surface area contributed by atoms with Crippen LogP contribution >= 0.6 is 0 Å². The van der Waals surface area contributed by atoms with Gasteiger partial charge in [0.2, 0.25) is 0 Å². The Hall–Kier alpha value is -2.76. The van der Waals surface area contributed by atoms with Gasteiger partial charge in [0.1, 0.15) is 17.3 Å². The molecule has 0 aliphatic carbocycles. The third kappa shape index (κ3) is 3.27. The molecule has 1 N–H and O–H groups in total. The maximum atomic E-state index is 12.7. The molecule has 0 spiro atoms. The fourth-order valence-corrected chi connectivity index (χ4v) is 2.85. The number of amides is 1. The van der Waals surface area contributed by atoms with Crippen LogP contribution in [-0.2, 0) is 0 Å². The number of hydrogen-bond acceptors (Lipinski definition) is 5. The molecule has 0 bridgehead atoms. The highest BCUT2D eigenvalue weighted by Gasteiger charge is 2.21. The lowest BCUT2D eigenvalue weighted by molar-refractivity contribution is 0.102. The molecule has 2 heterocycles. The third-order valence-corrected chi connectivity index (χ3v) is 4.09. The predicted octanol–water partition coefficient (Wildman–Crippen LogP) is 2.95. The Morgan fingerprint density at radius 1 is 1.17 bits per heavy atom. The molecule has 0 unspecified atom stereocenters. The number of nitrogens with one attached hydrogen (secondary N) is 1. The molecule has 0 saturated carbocycles. The van der Waals surface area contributed by atoms with E-state index < -0.39 is 0 Å².